The van der Waals surface area contributed by atoms with E-state index in [2.05, 4.69) is 19.8 Å². The van der Waals surface area contributed by atoms with Crippen LogP contribution in [-0.4, -0.2) is 37.0 Å². The molecule has 0 saturated carbocycles. The Bertz CT molecular complexity index is 874. The maximum absolute atomic E-state index is 12.1. The number of benzene rings is 1. The van der Waals surface area contributed by atoms with E-state index in [0.717, 1.165) is 12.1 Å². The zero-order chi connectivity index (χ0) is 16.6. The van der Waals surface area contributed by atoms with Crippen molar-refractivity contribution in [2.45, 2.75) is 6.36 Å². The van der Waals surface area contributed by atoms with Crippen molar-refractivity contribution >= 4 is 11.6 Å². The number of aromatic nitrogens is 4. The topological polar surface area (TPSA) is 89.6 Å². The Morgan fingerprint density at radius 2 is 1.91 bits per heavy atom. The van der Waals surface area contributed by atoms with Gasteiger partial charge in [0.25, 0.3) is 5.82 Å². The lowest BCUT2D eigenvalue weighted by Gasteiger charge is -2.09. The number of halogens is 3. The number of aromatic carboxylic acids is 1. The van der Waals surface area contributed by atoms with E-state index in [4.69, 9.17) is 5.11 Å². The second-order valence-electron chi connectivity index (χ2n) is 4.39. The average molecular weight is 324 g/mol. The molecule has 1 N–H and O–H groups in total. The normalized spacial score (nSPS) is 11.6. The molecule has 2 heterocycles. The van der Waals surface area contributed by atoms with Crippen LogP contribution in [0, 0.1) is 0 Å². The maximum atomic E-state index is 12.1. The predicted octanol–water partition coefficient (Wildman–Crippen LogP) is 2.39. The molecular formula is C13H7F3N4O3. The van der Waals surface area contributed by atoms with E-state index in [-0.39, 0.29) is 17.2 Å². The highest BCUT2D eigenvalue weighted by molar-refractivity contribution is 5.83. The molecule has 0 aliphatic heterocycles. The quantitative estimate of drug-likeness (QED) is 0.795. The molecule has 3 rings (SSSR count). The van der Waals surface area contributed by atoms with Crippen LogP contribution in [0.1, 0.15) is 10.6 Å². The van der Waals surface area contributed by atoms with Gasteiger partial charge in [0.15, 0.2) is 5.65 Å². The zero-order valence-corrected chi connectivity index (χ0v) is 11.2. The Morgan fingerprint density at radius 3 is 2.52 bits per heavy atom. The minimum Gasteiger partial charge on any atom is -0.475 e. The molecule has 0 radical (unpaired) electrons. The third-order valence-electron chi connectivity index (χ3n) is 2.80. The van der Waals surface area contributed by atoms with E-state index in [1.165, 1.54) is 29.0 Å². The van der Waals surface area contributed by atoms with Gasteiger partial charge in [-0.05, 0) is 24.3 Å². The van der Waals surface area contributed by atoms with Gasteiger partial charge in [0, 0.05) is 5.56 Å². The molecule has 0 saturated heterocycles. The van der Waals surface area contributed by atoms with Crippen molar-refractivity contribution in [3.63, 3.8) is 0 Å². The number of ether oxygens (including phenoxy) is 1. The molecule has 1 aromatic carbocycles. The number of hydrogen-bond acceptors (Lipinski definition) is 5. The fourth-order valence-electron chi connectivity index (χ4n) is 1.86. The van der Waals surface area contributed by atoms with E-state index >= 15 is 0 Å². The largest absolute Gasteiger partial charge is 0.573 e. The first-order valence-corrected chi connectivity index (χ1v) is 6.14. The van der Waals surface area contributed by atoms with Crippen LogP contribution < -0.4 is 4.74 Å². The van der Waals surface area contributed by atoms with Crippen molar-refractivity contribution in [3.8, 4) is 17.0 Å². The van der Waals surface area contributed by atoms with Crippen molar-refractivity contribution in [2.24, 2.45) is 0 Å². The summed E-state index contributed by atoms with van der Waals surface area (Å²) in [5, 5.41) is 12.6. The van der Waals surface area contributed by atoms with Crippen LogP contribution in [0.3, 0.4) is 0 Å². The number of nitrogens with zero attached hydrogens (tertiary/aromatic N) is 4. The molecule has 10 heteroatoms. The molecule has 0 fully saturated rings. The van der Waals surface area contributed by atoms with Gasteiger partial charge >= 0.3 is 12.3 Å². The summed E-state index contributed by atoms with van der Waals surface area (Å²) in [6, 6.07) is 5.09. The Balaban J connectivity index is 1.92. The zero-order valence-electron chi connectivity index (χ0n) is 11.2. The van der Waals surface area contributed by atoms with Crippen LogP contribution in [0.4, 0.5) is 13.2 Å². The lowest BCUT2D eigenvalue weighted by Crippen LogP contribution is -2.16. The Labute approximate surface area is 126 Å². The number of fused-ring (bicyclic) bond motifs is 1. The summed E-state index contributed by atoms with van der Waals surface area (Å²) >= 11 is 0. The molecule has 118 valence electrons. The summed E-state index contributed by atoms with van der Waals surface area (Å²) in [6.07, 6.45) is -2.02. The van der Waals surface area contributed by atoms with Gasteiger partial charge in [-0.15, -0.1) is 18.3 Å². The number of rotatable bonds is 3. The first-order valence-electron chi connectivity index (χ1n) is 6.14. The monoisotopic (exact) mass is 324 g/mol. The summed E-state index contributed by atoms with van der Waals surface area (Å²) in [5.41, 5.74) is 1.13. The van der Waals surface area contributed by atoms with Gasteiger partial charge in [-0.25, -0.2) is 9.31 Å². The molecule has 0 atom stereocenters. The van der Waals surface area contributed by atoms with E-state index in [0.29, 0.717) is 11.3 Å². The lowest BCUT2D eigenvalue weighted by atomic mass is 10.1. The number of hydrogen-bond donors (Lipinski definition) is 1. The SMILES string of the molecule is O=C(O)c1nc2cnc(-c3ccc(OC(F)(F)F)cc3)cn2n1. The molecular weight excluding hydrogens is 317 g/mol. The van der Waals surface area contributed by atoms with E-state index in [1.54, 1.807) is 0 Å². The summed E-state index contributed by atoms with van der Waals surface area (Å²) in [7, 11) is 0. The molecule has 7 nitrogen and oxygen atoms in total. The Hall–Kier alpha value is -3.17. The third-order valence-corrected chi connectivity index (χ3v) is 2.80. The van der Waals surface area contributed by atoms with Crippen LogP contribution in [0.15, 0.2) is 36.7 Å². The molecule has 3 aromatic rings. The van der Waals surface area contributed by atoms with Gasteiger partial charge in [-0.2, -0.15) is 4.98 Å². The third kappa shape index (κ3) is 3.20. The van der Waals surface area contributed by atoms with Crippen molar-refractivity contribution in [2.75, 3.05) is 0 Å². The van der Waals surface area contributed by atoms with E-state index < -0.39 is 12.3 Å². The fraction of sp³-hybridized carbons (Fsp3) is 0.0769. The standard InChI is InChI=1S/C13H7F3N4O3/c14-13(15,16)23-8-3-1-7(2-4-8)9-6-20-10(5-17-9)18-11(19-20)12(21)22/h1-6H,(H,21,22). The van der Waals surface area contributed by atoms with Crippen LogP contribution in [0.5, 0.6) is 5.75 Å². The van der Waals surface area contributed by atoms with E-state index in [9.17, 15) is 18.0 Å². The maximum Gasteiger partial charge on any atom is 0.573 e. The summed E-state index contributed by atoms with van der Waals surface area (Å²) in [4.78, 5) is 18.6. The van der Waals surface area contributed by atoms with Crippen molar-refractivity contribution in [1.82, 2.24) is 19.6 Å². The predicted molar refractivity (Wildman–Crippen MR) is 69.9 cm³/mol. The van der Waals surface area contributed by atoms with Crippen molar-refractivity contribution in [3.05, 3.63) is 42.5 Å². The molecule has 0 aliphatic carbocycles. The van der Waals surface area contributed by atoms with Crippen LogP contribution in [-0.2, 0) is 0 Å². The molecule has 0 spiro atoms. The van der Waals surface area contributed by atoms with Crippen molar-refractivity contribution in [1.29, 1.82) is 0 Å². The minimum atomic E-state index is -4.76. The molecule has 0 bridgehead atoms. The summed E-state index contributed by atoms with van der Waals surface area (Å²) < 4.78 is 41.3. The van der Waals surface area contributed by atoms with Gasteiger partial charge in [-0.1, -0.05) is 0 Å². The molecule has 0 amide bonds. The highest BCUT2D eigenvalue weighted by Gasteiger charge is 2.30. The summed E-state index contributed by atoms with van der Waals surface area (Å²) in [6.45, 7) is 0. The van der Waals surface area contributed by atoms with Crippen LogP contribution in [0.25, 0.3) is 16.9 Å². The minimum absolute atomic E-state index is 0.239. The van der Waals surface area contributed by atoms with Gasteiger partial charge in [-0.3, -0.25) is 4.98 Å². The lowest BCUT2D eigenvalue weighted by molar-refractivity contribution is -0.274. The van der Waals surface area contributed by atoms with Gasteiger partial charge < -0.3 is 9.84 Å². The van der Waals surface area contributed by atoms with Gasteiger partial charge in [0.1, 0.15) is 5.75 Å². The Morgan fingerprint density at radius 1 is 1.22 bits per heavy atom. The fourth-order valence-corrected chi connectivity index (χ4v) is 1.86. The molecule has 23 heavy (non-hydrogen) atoms. The van der Waals surface area contributed by atoms with Crippen LogP contribution >= 0.6 is 0 Å². The average Bonchev–Trinajstić information content (AvgIpc) is 2.89. The van der Waals surface area contributed by atoms with Gasteiger partial charge in [0.2, 0.25) is 0 Å². The second-order valence-corrected chi connectivity index (χ2v) is 4.39. The highest BCUT2D eigenvalue weighted by Crippen LogP contribution is 2.25. The number of carbonyl (C=O) groups is 1. The first kappa shape index (κ1) is 14.8. The van der Waals surface area contributed by atoms with Crippen molar-refractivity contribution < 1.29 is 27.8 Å². The van der Waals surface area contributed by atoms with E-state index in [1.807, 2.05) is 0 Å². The smallest absolute Gasteiger partial charge is 0.475 e. The number of carboxylic acids is 1. The summed E-state index contributed by atoms with van der Waals surface area (Å²) in [5.74, 6) is -2.00. The van der Waals surface area contributed by atoms with Gasteiger partial charge in [0.05, 0.1) is 18.1 Å². The molecule has 0 aliphatic rings. The van der Waals surface area contributed by atoms with Crippen LogP contribution in [0.2, 0.25) is 0 Å². The Kier molecular flexibility index (Phi) is 3.36. The first-order chi connectivity index (χ1) is 10.8. The second kappa shape index (κ2) is 5.23. The number of alkyl halides is 3. The number of carboxylic acid groups (broad SMARTS) is 1. The highest BCUT2D eigenvalue weighted by atomic mass is 19.4. The molecule has 2 aromatic heterocycles. The molecule has 0 unspecified atom stereocenters.